The molecule has 1 atom stereocenters. The number of hydrogen-bond acceptors (Lipinski definition) is 4. The molecule has 2 heterocycles. The molecule has 3 aromatic rings. The van der Waals surface area contributed by atoms with Gasteiger partial charge in [-0.15, -0.1) is 0 Å². The van der Waals surface area contributed by atoms with E-state index in [1.54, 1.807) is 0 Å². The minimum atomic E-state index is 0.0997. The average molecular weight is 384 g/mol. The van der Waals surface area contributed by atoms with Crippen molar-refractivity contribution in [3.05, 3.63) is 75.8 Å². The maximum absolute atomic E-state index is 13.3. The van der Waals surface area contributed by atoms with Gasteiger partial charge in [-0.05, 0) is 68.0 Å². The molecule has 1 saturated heterocycles. The van der Waals surface area contributed by atoms with E-state index in [2.05, 4.69) is 11.0 Å². The lowest BCUT2D eigenvalue weighted by molar-refractivity contribution is 0.232. The van der Waals surface area contributed by atoms with Crippen LogP contribution in [0.25, 0.3) is 10.9 Å². The molecule has 5 nitrogen and oxygen atoms in total. The molecule has 1 saturated carbocycles. The Morgan fingerprint density at radius 3 is 2.62 bits per heavy atom. The summed E-state index contributed by atoms with van der Waals surface area (Å²) >= 11 is 0. The number of nitriles is 1. The molecular formula is C24H24N4O. The van der Waals surface area contributed by atoms with Crippen molar-refractivity contribution >= 4 is 10.9 Å². The first-order chi connectivity index (χ1) is 14.2. The zero-order valence-electron chi connectivity index (χ0n) is 16.4. The Morgan fingerprint density at radius 1 is 1.07 bits per heavy atom. The molecule has 0 N–H and O–H groups in total. The second-order valence-electron chi connectivity index (χ2n) is 8.28. The molecule has 2 aliphatic rings. The first-order valence-corrected chi connectivity index (χ1v) is 10.5. The van der Waals surface area contributed by atoms with Gasteiger partial charge in [-0.25, -0.2) is 4.98 Å². The number of nitrogens with zero attached hydrogens (tertiary/aromatic N) is 4. The molecule has 2 aromatic carbocycles. The van der Waals surface area contributed by atoms with E-state index in [1.165, 1.54) is 18.4 Å². The van der Waals surface area contributed by atoms with Crippen molar-refractivity contribution in [2.45, 2.75) is 44.8 Å². The highest BCUT2D eigenvalue weighted by molar-refractivity contribution is 5.77. The molecule has 1 aromatic heterocycles. The number of aromatic nitrogens is 2. The third-order valence-electron chi connectivity index (χ3n) is 6.16. The van der Waals surface area contributed by atoms with Crippen LogP contribution in [0.5, 0.6) is 0 Å². The largest absolute Gasteiger partial charge is 0.295 e. The molecular weight excluding hydrogens is 360 g/mol. The van der Waals surface area contributed by atoms with Crippen LogP contribution >= 0.6 is 0 Å². The molecule has 1 unspecified atom stereocenters. The molecule has 0 spiro atoms. The summed E-state index contributed by atoms with van der Waals surface area (Å²) in [6.45, 7) is 2.59. The van der Waals surface area contributed by atoms with E-state index < -0.39 is 0 Å². The van der Waals surface area contributed by atoms with Crippen LogP contribution in [0.1, 0.15) is 48.7 Å². The fourth-order valence-electron chi connectivity index (χ4n) is 4.40. The maximum atomic E-state index is 13.3. The minimum absolute atomic E-state index is 0.0997. The molecule has 5 heteroatoms. The van der Waals surface area contributed by atoms with Crippen molar-refractivity contribution < 1.29 is 0 Å². The zero-order chi connectivity index (χ0) is 19.8. The van der Waals surface area contributed by atoms with Gasteiger partial charge in [0.1, 0.15) is 5.82 Å². The Labute approximate surface area is 170 Å². The predicted octanol–water partition coefficient (Wildman–Crippen LogP) is 4.02. The Bertz CT molecular complexity index is 1140. The summed E-state index contributed by atoms with van der Waals surface area (Å²) in [7, 11) is 0. The van der Waals surface area contributed by atoms with E-state index in [4.69, 9.17) is 10.2 Å². The fraction of sp³-hybridized carbons (Fsp3) is 0.375. The Kier molecular flexibility index (Phi) is 4.65. The van der Waals surface area contributed by atoms with Crippen molar-refractivity contribution in [1.29, 1.82) is 5.26 Å². The Hall–Kier alpha value is -2.97. The van der Waals surface area contributed by atoms with Crippen LogP contribution in [0.3, 0.4) is 0 Å². The van der Waals surface area contributed by atoms with Crippen molar-refractivity contribution in [2.75, 3.05) is 6.54 Å². The van der Waals surface area contributed by atoms with Gasteiger partial charge in [0.2, 0.25) is 0 Å². The van der Waals surface area contributed by atoms with Crippen LogP contribution in [0.15, 0.2) is 53.3 Å². The third-order valence-corrected chi connectivity index (χ3v) is 6.16. The van der Waals surface area contributed by atoms with Gasteiger partial charge >= 0.3 is 0 Å². The molecule has 0 amide bonds. The van der Waals surface area contributed by atoms with Gasteiger partial charge in [-0.2, -0.15) is 5.26 Å². The molecule has 29 heavy (non-hydrogen) atoms. The van der Waals surface area contributed by atoms with E-state index in [0.29, 0.717) is 16.9 Å². The highest BCUT2D eigenvalue weighted by Crippen LogP contribution is 2.35. The third kappa shape index (κ3) is 3.56. The van der Waals surface area contributed by atoms with E-state index in [9.17, 15) is 4.79 Å². The SMILES string of the molecule is N#Cc1ccc(CN2CCCC2c2nc3ccccc3c(=O)n2CC2CC2)cc1. The number of likely N-dealkylation sites (tertiary alicyclic amines) is 1. The summed E-state index contributed by atoms with van der Waals surface area (Å²) in [4.78, 5) is 20.7. The predicted molar refractivity (Wildman–Crippen MR) is 112 cm³/mol. The number of hydrogen-bond donors (Lipinski definition) is 0. The van der Waals surface area contributed by atoms with Crippen LogP contribution in [0, 0.1) is 17.2 Å². The van der Waals surface area contributed by atoms with Crippen molar-refractivity contribution in [3.8, 4) is 6.07 Å². The van der Waals surface area contributed by atoms with Gasteiger partial charge in [0, 0.05) is 13.1 Å². The van der Waals surface area contributed by atoms with E-state index in [1.807, 2.05) is 53.1 Å². The second-order valence-corrected chi connectivity index (χ2v) is 8.28. The molecule has 5 rings (SSSR count). The Balaban J connectivity index is 1.52. The van der Waals surface area contributed by atoms with Crippen LogP contribution in [-0.2, 0) is 13.1 Å². The average Bonchev–Trinajstić information content (AvgIpc) is 3.46. The quantitative estimate of drug-likeness (QED) is 0.667. The van der Waals surface area contributed by atoms with Gasteiger partial charge in [0.15, 0.2) is 0 Å². The van der Waals surface area contributed by atoms with E-state index >= 15 is 0 Å². The lowest BCUT2D eigenvalue weighted by Gasteiger charge is -2.26. The van der Waals surface area contributed by atoms with Gasteiger partial charge in [-0.1, -0.05) is 24.3 Å². The topological polar surface area (TPSA) is 61.9 Å². The summed E-state index contributed by atoms with van der Waals surface area (Å²) in [6.07, 6.45) is 4.54. The second kappa shape index (κ2) is 7.46. The molecule has 1 aliphatic carbocycles. The molecule has 2 fully saturated rings. The zero-order valence-corrected chi connectivity index (χ0v) is 16.4. The fourth-order valence-corrected chi connectivity index (χ4v) is 4.40. The first-order valence-electron chi connectivity index (χ1n) is 10.5. The van der Waals surface area contributed by atoms with Gasteiger partial charge in [0.05, 0.1) is 28.6 Å². The lowest BCUT2D eigenvalue weighted by atomic mass is 10.1. The van der Waals surface area contributed by atoms with Crippen molar-refractivity contribution in [1.82, 2.24) is 14.5 Å². The summed E-state index contributed by atoms with van der Waals surface area (Å²) in [5, 5.41) is 9.74. The molecule has 0 radical (unpaired) electrons. The van der Waals surface area contributed by atoms with Gasteiger partial charge in [-0.3, -0.25) is 14.3 Å². The minimum Gasteiger partial charge on any atom is -0.295 e. The summed E-state index contributed by atoms with van der Waals surface area (Å²) in [5.74, 6) is 1.54. The van der Waals surface area contributed by atoms with Crippen LogP contribution < -0.4 is 5.56 Å². The smallest absolute Gasteiger partial charge is 0.261 e. The number of benzene rings is 2. The van der Waals surface area contributed by atoms with E-state index in [-0.39, 0.29) is 11.6 Å². The number of fused-ring (bicyclic) bond motifs is 1. The van der Waals surface area contributed by atoms with Gasteiger partial charge in [0.25, 0.3) is 5.56 Å². The van der Waals surface area contributed by atoms with Crippen LogP contribution in [0.2, 0.25) is 0 Å². The van der Waals surface area contributed by atoms with Gasteiger partial charge < -0.3 is 0 Å². The van der Waals surface area contributed by atoms with E-state index in [0.717, 1.165) is 43.8 Å². The highest BCUT2D eigenvalue weighted by atomic mass is 16.1. The molecule has 146 valence electrons. The van der Waals surface area contributed by atoms with Crippen molar-refractivity contribution in [3.63, 3.8) is 0 Å². The summed E-state index contributed by atoms with van der Waals surface area (Å²) in [6, 6.07) is 17.8. The number of para-hydroxylation sites is 1. The highest BCUT2D eigenvalue weighted by Gasteiger charge is 2.32. The van der Waals surface area contributed by atoms with Crippen LogP contribution in [-0.4, -0.2) is 21.0 Å². The number of rotatable bonds is 5. The summed E-state index contributed by atoms with van der Waals surface area (Å²) < 4.78 is 1.96. The van der Waals surface area contributed by atoms with Crippen LogP contribution in [0.4, 0.5) is 0 Å². The molecule has 0 bridgehead atoms. The standard InChI is InChI=1S/C24H24N4O/c25-14-17-7-9-18(10-8-17)15-27-13-3-6-22(27)23-26-21-5-2-1-4-20(21)24(29)28(23)16-19-11-12-19/h1-2,4-5,7-10,19,22H,3,6,11-13,15-16H2. The lowest BCUT2D eigenvalue weighted by Crippen LogP contribution is -2.32. The van der Waals surface area contributed by atoms with Crippen molar-refractivity contribution in [2.24, 2.45) is 5.92 Å². The Morgan fingerprint density at radius 2 is 1.86 bits per heavy atom. The first kappa shape index (κ1) is 18.1. The maximum Gasteiger partial charge on any atom is 0.261 e. The monoisotopic (exact) mass is 384 g/mol. The summed E-state index contributed by atoms with van der Waals surface area (Å²) in [5.41, 5.74) is 2.77. The normalized spacial score (nSPS) is 19.5. The molecule has 1 aliphatic heterocycles.